The zero-order chi connectivity index (χ0) is 13.3. The number of nitrogens with zero attached hydrogens (tertiary/aromatic N) is 2. The molecule has 7 heteroatoms. The molecular weight excluding hydrogens is 276 g/mol. The maximum Gasteiger partial charge on any atom is 0.384 e. The lowest BCUT2D eigenvalue weighted by Gasteiger charge is -2.13. The van der Waals surface area contributed by atoms with Gasteiger partial charge in [-0.2, -0.15) is 12.7 Å². The summed E-state index contributed by atoms with van der Waals surface area (Å²) in [6, 6.07) is 6.47. The topological polar surface area (TPSA) is 59.5 Å². The van der Waals surface area contributed by atoms with E-state index < -0.39 is 10.3 Å². The van der Waals surface area contributed by atoms with Gasteiger partial charge in [-0.15, -0.1) is 0 Å². The third-order valence-electron chi connectivity index (χ3n) is 2.31. The third kappa shape index (κ3) is 2.55. The number of fused-ring (bicyclic) bond motifs is 1. The van der Waals surface area contributed by atoms with Crippen molar-refractivity contribution in [3.63, 3.8) is 0 Å². The van der Waals surface area contributed by atoms with E-state index in [2.05, 4.69) is 4.98 Å². The van der Waals surface area contributed by atoms with Crippen molar-refractivity contribution in [2.75, 3.05) is 14.1 Å². The number of benzene rings is 1. The fourth-order valence-corrected chi connectivity index (χ4v) is 2.04. The smallest absolute Gasteiger partial charge is 0.370 e. The predicted octanol–water partition coefficient (Wildman–Crippen LogP) is 2.07. The Morgan fingerprint density at radius 2 is 2.00 bits per heavy atom. The first-order valence-electron chi connectivity index (χ1n) is 5.06. The molecule has 0 aliphatic heterocycles. The molecule has 0 atom stereocenters. The third-order valence-corrected chi connectivity index (χ3v) is 3.83. The van der Waals surface area contributed by atoms with Crippen molar-refractivity contribution >= 4 is 32.8 Å². The molecule has 1 heterocycles. The van der Waals surface area contributed by atoms with Gasteiger partial charge in [0, 0.05) is 36.8 Å². The van der Waals surface area contributed by atoms with Gasteiger partial charge in [0.05, 0.1) is 5.52 Å². The summed E-state index contributed by atoms with van der Waals surface area (Å²) in [7, 11) is -0.983. The van der Waals surface area contributed by atoms with Crippen LogP contribution < -0.4 is 4.18 Å². The molecule has 2 aromatic rings. The first kappa shape index (κ1) is 13.1. The summed E-state index contributed by atoms with van der Waals surface area (Å²) in [5, 5.41) is 1.12. The van der Waals surface area contributed by atoms with Crippen molar-refractivity contribution in [2.24, 2.45) is 0 Å². The Bertz CT molecular complexity index is 686. The molecule has 0 radical (unpaired) electrons. The maximum atomic E-state index is 11.7. The van der Waals surface area contributed by atoms with Crippen LogP contribution in [0, 0.1) is 0 Å². The van der Waals surface area contributed by atoms with Crippen LogP contribution in [0.3, 0.4) is 0 Å². The summed E-state index contributed by atoms with van der Waals surface area (Å²) in [6.07, 6.45) is 1.47. The highest BCUT2D eigenvalue weighted by atomic mass is 35.5. The average Bonchev–Trinajstić information content (AvgIpc) is 2.28. The molecule has 0 saturated heterocycles. The predicted molar refractivity (Wildman–Crippen MR) is 70.0 cm³/mol. The van der Waals surface area contributed by atoms with Gasteiger partial charge in [0.15, 0.2) is 5.75 Å². The number of halogens is 1. The molecular formula is C11H11ClN2O3S. The summed E-state index contributed by atoms with van der Waals surface area (Å²) in [5.74, 6) is 0.227. The van der Waals surface area contributed by atoms with Crippen molar-refractivity contribution < 1.29 is 12.6 Å². The van der Waals surface area contributed by atoms with E-state index in [9.17, 15) is 8.42 Å². The monoisotopic (exact) mass is 286 g/mol. The molecule has 0 bridgehead atoms. The summed E-state index contributed by atoms with van der Waals surface area (Å²) in [6.45, 7) is 0. The minimum atomic E-state index is -3.78. The van der Waals surface area contributed by atoms with E-state index in [0.29, 0.717) is 15.9 Å². The van der Waals surface area contributed by atoms with Gasteiger partial charge in [-0.3, -0.25) is 4.98 Å². The minimum absolute atomic E-state index is 0.227. The van der Waals surface area contributed by atoms with Crippen LogP contribution in [0.2, 0.25) is 5.02 Å². The van der Waals surface area contributed by atoms with Crippen LogP contribution in [0.15, 0.2) is 30.5 Å². The second-order valence-corrected chi connectivity index (χ2v) is 5.98. The fourth-order valence-electron chi connectivity index (χ4n) is 1.36. The first-order chi connectivity index (χ1) is 8.40. The van der Waals surface area contributed by atoms with Crippen LogP contribution in [0.1, 0.15) is 0 Å². The quantitative estimate of drug-likeness (QED) is 0.867. The van der Waals surface area contributed by atoms with E-state index in [0.717, 1.165) is 4.31 Å². The number of hydrogen-bond acceptors (Lipinski definition) is 4. The van der Waals surface area contributed by atoms with E-state index >= 15 is 0 Å². The van der Waals surface area contributed by atoms with Gasteiger partial charge >= 0.3 is 10.3 Å². The molecule has 0 N–H and O–H groups in total. The standard InChI is InChI=1S/C11H11ClN2O3S/c1-14(2)18(15,16)17-11-5-6-13-10-7-8(12)3-4-9(10)11/h3-7H,1-2H3. The van der Waals surface area contributed by atoms with Crippen molar-refractivity contribution in [3.8, 4) is 5.75 Å². The summed E-state index contributed by atoms with van der Waals surface area (Å²) >= 11 is 5.85. The number of pyridine rings is 1. The van der Waals surface area contributed by atoms with E-state index in [1.54, 1.807) is 18.2 Å². The van der Waals surface area contributed by atoms with Crippen molar-refractivity contribution in [1.82, 2.24) is 9.29 Å². The molecule has 0 saturated carbocycles. The number of hydrogen-bond donors (Lipinski definition) is 0. The highest BCUT2D eigenvalue weighted by molar-refractivity contribution is 7.84. The molecule has 96 valence electrons. The Hall–Kier alpha value is -1.37. The Kier molecular flexibility index (Phi) is 3.43. The van der Waals surface area contributed by atoms with E-state index in [-0.39, 0.29) is 5.75 Å². The fraction of sp³-hybridized carbons (Fsp3) is 0.182. The van der Waals surface area contributed by atoms with Crippen molar-refractivity contribution in [3.05, 3.63) is 35.5 Å². The van der Waals surface area contributed by atoms with Crippen molar-refractivity contribution in [1.29, 1.82) is 0 Å². The second kappa shape index (κ2) is 4.72. The summed E-state index contributed by atoms with van der Waals surface area (Å²) in [4.78, 5) is 4.10. The summed E-state index contributed by atoms with van der Waals surface area (Å²) in [5.41, 5.74) is 0.578. The molecule has 0 fully saturated rings. The normalized spacial score (nSPS) is 12.0. The van der Waals surface area contributed by atoms with Crippen LogP contribution in [-0.4, -0.2) is 31.8 Å². The van der Waals surface area contributed by atoms with Crippen LogP contribution >= 0.6 is 11.6 Å². The largest absolute Gasteiger partial charge is 0.384 e. The van der Waals surface area contributed by atoms with E-state index in [4.69, 9.17) is 15.8 Å². The maximum absolute atomic E-state index is 11.7. The molecule has 0 unspecified atom stereocenters. The minimum Gasteiger partial charge on any atom is -0.370 e. The van der Waals surface area contributed by atoms with Gasteiger partial charge in [0.2, 0.25) is 0 Å². The lowest BCUT2D eigenvalue weighted by Crippen LogP contribution is -2.27. The van der Waals surface area contributed by atoms with Crippen LogP contribution in [-0.2, 0) is 10.3 Å². The van der Waals surface area contributed by atoms with E-state index in [1.165, 1.54) is 26.4 Å². The lowest BCUT2D eigenvalue weighted by atomic mass is 10.2. The summed E-state index contributed by atoms with van der Waals surface area (Å²) < 4.78 is 29.4. The Labute approximate surface area is 110 Å². The zero-order valence-electron chi connectivity index (χ0n) is 9.79. The molecule has 0 aliphatic rings. The Morgan fingerprint density at radius 1 is 1.28 bits per heavy atom. The van der Waals surface area contributed by atoms with Crippen LogP contribution in [0.25, 0.3) is 10.9 Å². The highest BCUT2D eigenvalue weighted by Gasteiger charge is 2.17. The molecule has 2 rings (SSSR count). The van der Waals surface area contributed by atoms with Gasteiger partial charge in [-0.1, -0.05) is 11.6 Å². The zero-order valence-corrected chi connectivity index (χ0v) is 11.4. The molecule has 1 aromatic heterocycles. The first-order valence-corrected chi connectivity index (χ1v) is 6.81. The van der Waals surface area contributed by atoms with Crippen LogP contribution in [0.5, 0.6) is 5.75 Å². The number of rotatable bonds is 3. The molecule has 0 spiro atoms. The van der Waals surface area contributed by atoms with Gasteiger partial charge < -0.3 is 4.18 Å². The number of aromatic nitrogens is 1. The van der Waals surface area contributed by atoms with Gasteiger partial charge in [-0.25, -0.2) is 0 Å². The molecule has 0 aliphatic carbocycles. The highest BCUT2D eigenvalue weighted by Crippen LogP contribution is 2.27. The molecule has 1 aromatic carbocycles. The van der Waals surface area contributed by atoms with Gasteiger partial charge in [0.1, 0.15) is 0 Å². The van der Waals surface area contributed by atoms with Gasteiger partial charge in [0.25, 0.3) is 0 Å². The SMILES string of the molecule is CN(C)S(=O)(=O)Oc1ccnc2cc(Cl)ccc12. The Balaban J connectivity index is 2.53. The Morgan fingerprint density at radius 3 is 2.67 bits per heavy atom. The average molecular weight is 287 g/mol. The van der Waals surface area contributed by atoms with Gasteiger partial charge in [-0.05, 0) is 18.2 Å². The molecule has 0 amide bonds. The molecule has 18 heavy (non-hydrogen) atoms. The second-order valence-electron chi connectivity index (χ2n) is 3.79. The van der Waals surface area contributed by atoms with Crippen molar-refractivity contribution in [2.45, 2.75) is 0 Å². The van der Waals surface area contributed by atoms with E-state index in [1.807, 2.05) is 0 Å². The molecule has 5 nitrogen and oxygen atoms in total. The van der Waals surface area contributed by atoms with Crippen LogP contribution in [0.4, 0.5) is 0 Å². The lowest BCUT2D eigenvalue weighted by molar-refractivity contribution is 0.423.